The summed E-state index contributed by atoms with van der Waals surface area (Å²) >= 11 is 1.85. The van der Waals surface area contributed by atoms with Gasteiger partial charge >= 0.3 is 0 Å². The molecule has 0 fully saturated rings. The zero-order valence-corrected chi connectivity index (χ0v) is 31.1. The lowest BCUT2D eigenvalue weighted by Gasteiger charge is -2.10. The van der Waals surface area contributed by atoms with Crippen molar-refractivity contribution in [1.82, 2.24) is 14.5 Å². The van der Waals surface area contributed by atoms with Crippen LogP contribution >= 0.6 is 11.3 Å². The molecule has 0 saturated heterocycles. The molecule has 0 unspecified atom stereocenters. The van der Waals surface area contributed by atoms with Gasteiger partial charge in [-0.05, 0) is 64.7 Å². The van der Waals surface area contributed by atoms with Crippen molar-refractivity contribution in [3.05, 3.63) is 200 Å². The van der Waals surface area contributed by atoms with Crippen molar-refractivity contribution in [1.29, 1.82) is 0 Å². The molecule has 11 aromatic rings. The second-order valence-electron chi connectivity index (χ2n) is 14.2. The van der Waals surface area contributed by atoms with Gasteiger partial charge in [-0.3, -0.25) is 0 Å². The fraction of sp³-hybridized carbons (Fsp3) is 0. The molecule has 0 saturated carbocycles. The molecule has 11 rings (SSSR count). The van der Waals surface area contributed by atoms with Gasteiger partial charge in [-0.15, -0.1) is 11.3 Å². The van der Waals surface area contributed by atoms with Crippen LogP contribution in [0.3, 0.4) is 0 Å². The van der Waals surface area contributed by atoms with Gasteiger partial charge in [0.1, 0.15) is 0 Å². The molecule has 0 aliphatic heterocycles. The van der Waals surface area contributed by atoms with Gasteiger partial charge in [0.25, 0.3) is 0 Å². The van der Waals surface area contributed by atoms with Crippen molar-refractivity contribution in [2.75, 3.05) is 0 Å². The van der Waals surface area contributed by atoms with Gasteiger partial charge in [0.05, 0.1) is 22.4 Å². The molecule has 3 heterocycles. The van der Waals surface area contributed by atoms with Gasteiger partial charge in [-0.1, -0.05) is 158 Å². The lowest BCUT2D eigenvalue weighted by Crippen LogP contribution is -1.95. The molecular formula is C52H33N3S. The van der Waals surface area contributed by atoms with Crippen molar-refractivity contribution in [3.63, 3.8) is 0 Å². The summed E-state index contributed by atoms with van der Waals surface area (Å²) < 4.78 is 4.89. The zero-order chi connectivity index (χ0) is 37.0. The maximum atomic E-state index is 5.21. The minimum Gasteiger partial charge on any atom is -0.309 e. The number of benzene rings is 8. The van der Waals surface area contributed by atoms with E-state index in [-0.39, 0.29) is 0 Å². The van der Waals surface area contributed by atoms with Crippen molar-refractivity contribution >= 4 is 53.3 Å². The first kappa shape index (κ1) is 32.3. The van der Waals surface area contributed by atoms with Crippen LogP contribution in [0.4, 0.5) is 0 Å². The molecular weight excluding hydrogens is 699 g/mol. The highest BCUT2D eigenvalue weighted by molar-refractivity contribution is 7.26. The number of thiophene rings is 1. The SMILES string of the molecule is c1ccc(-c2ccc3c(c2)c2cc(-c4cccc5c4sc4c(-c6cc(-c7ccccc7)nc(-c7ccccc7)n6)cccc45)ccc2n3-c2ccccc2)cc1. The Hall–Kier alpha value is -7.14. The number of fused-ring (bicyclic) bond motifs is 6. The Labute approximate surface area is 328 Å². The Morgan fingerprint density at radius 2 is 0.857 bits per heavy atom. The molecule has 0 aliphatic rings. The Morgan fingerprint density at radius 1 is 0.339 bits per heavy atom. The van der Waals surface area contributed by atoms with E-state index in [2.05, 4.69) is 180 Å². The summed E-state index contributed by atoms with van der Waals surface area (Å²) in [6, 6.07) is 71.4. The van der Waals surface area contributed by atoms with Gasteiger partial charge < -0.3 is 4.57 Å². The molecule has 0 spiro atoms. The molecule has 0 aliphatic carbocycles. The Bertz CT molecular complexity index is 3160. The standard InChI is InChI=1S/C52H33N3S/c1-5-15-34(16-6-1)37-27-29-48-44(31-37)45-32-38(28-30-49(45)55(48)39-21-11-4-12-22-39)40-23-13-24-41-42-25-14-26-43(51(42)56-50(40)41)47-33-46(35-17-7-2-8-18-35)53-52(54-47)36-19-9-3-10-20-36/h1-33H. The van der Waals surface area contributed by atoms with E-state index in [1.54, 1.807) is 0 Å². The van der Waals surface area contributed by atoms with E-state index in [0.29, 0.717) is 0 Å². The van der Waals surface area contributed by atoms with Crippen LogP contribution in [0.1, 0.15) is 0 Å². The van der Waals surface area contributed by atoms with Gasteiger partial charge in [-0.2, -0.15) is 0 Å². The van der Waals surface area contributed by atoms with E-state index in [1.807, 2.05) is 35.6 Å². The number of aromatic nitrogens is 3. The summed E-state index contributed by atoms with van der Waals surface area (Å²) in [6.45, 7) is 0. The molecule has 0 atom stereocenters. The summed E-state index contributed by atoms with van der Waals surface area (Å²) in [7, 11) is 0. The largest absolute Gasteiger partial charge is 0.309 e. The predicted molar refractivity (Wildman–Crippen MR) is 236 cm³/mol. The van der Waals surface area contributed by atoms with E-state index in [9.17, 15) is 0 Å². The number of hydrogen-bond donors (Lipinski definition) is 0. The monoisotopic (exact) mass is 731 g/mol. The Kier molecular flexibility index (Phi) is 7.68. The van der Waals surface area contributed by atoms with Crippen LogP contribution in [0, 0.1) is 0 Å². The average Bonchev–Trinajstić information content (AvgIpc) is 3.83. The lowest BCUT2D eigenvalue weighted by atomic mass is 9.99. The van der Waals surface area contributed by atoms with Crippen LogP contribution in [-0.4, -0.2) is 14.5 Å². The van der Waals surface area contributed by atoms with Crippen molar-refractivity contribution in [2.45, 2.75) is 0 Å². The number of nitrogens with zero attached hydrogens (tertiary/aromatic N) is 3. The molecule has 3 nitrogen and oxygen atoms in total. The lowest BCUT2D eigenvalue weighted by molar-refractivity contribution is 1.18. The van der Waals surface area contributed by atoms with Gasteiger partial charge in [0, 0.05) is 53.3 Å². The fourth-order valence-electron chi connectivity index (χ4n) is 8.16. The molecule has 56 heavy (non-hydrogen) atoms. The molecule has 4 heteroatoms. The molecule has 0 radical (unpaired) electrons. The normalized spacial score (nSPS) is 11.6. The van der Waals surface area contributed by atoms with Gasteiger partial charge in [-0.25, -0.2) is 9.97 Å². The minimum atomic E-state index is 0.721. The second kappa shape index (κ2) is 13.3. The first-order valence-corrected chi connectivity index (χ1v) is 19.7. The molecule has 8 aromatic carbocycles. The maximum Gasteiger partial charge on any atom is 0.160 e. The van der Waals surface area contributed by atoms with Crippen LogP contribution in [0.15, 0.2) is 200 Å². The van der Waals surface area contributed by atoms with Crippen LogP contribution in [0.2, 0.25) is 0 Å². The predicted octanol–water partition coefficient (Wildman–Crippen LogP) is 14.3. The Balaban J connectivity index is 1.11. The summed E-state index contributed by atoms with van der Waals surface area (Å²) in [5.41, 5.74) is 13.4. The quantitative estimate of drug-likeness (QED) is 0.170. The van der Waals surface area contributed by atoms with Gasteiger partial charge in [0.15, 0.2) is 5.82 Å². The second-order valence-corrected chi connectivity index (χ2v) is 15.2. The van der Waals surface area contributed by atoms with Crippen LogP contribution in [-0.2, 0) is 0 Å². The molecule has 3 aromatic heterocycles. The zero-order valence-electron chi connectivity index (χ0n) is 30.3. The topological polar surface area (TPSA) is 30.7 Å². The molecule has 0 amide bonds. The number of para-hydroxylation sites is 1. The average molecular weight is 732 g/mol. The third kappa shape index (κ3) is 5.42. The molecule has 0 bridgehead atoms. The fourth-order valence-corrected chi connectivity index (χ4v) is 9.52. The van der Waals surface area contributed by atoms with Crippen LogP contribution in [0.5, 0.6) is 0 Å². The maximum absolute atomic E-state index is 5.21. The third-order valence-corrected chi connectivity index (χ3v) is 12.1. The minimum absolute atomic E-state index is 0.721. The summed E-state index contributed by atoms with van der Waals surface area (Å²) in [6.07, 6.45) is 0. The first-order valence-electron chi connectivity index (χ1n) is 18.9. The molecule has 0 N–H and O–H groups in total. The van der Waals surface area contributed by atoms with Crippen molar-refractivity contribution < 1.29 is 0 Å². The summed E-state index contributed by atoms with van der Waals surface area (Å²) in [4.78, 5) is 10.3. The highest BCUT2D eigenvalue weighted by atomic mass is 32.1. The van der Waals surface area contributed by atoms with E-state index in [4.69, 9.17) is 9.97 Å². The number of hydrogen-bond acceptors (Lipinski definition) is 3. The third-order valence-electron chi connectivity index (χ3n) is 10.8. The van der Waals surface area contributed by atoms with Crippen molar-refractivity contribution in [3.8, 4) is 61.8 Å². The molecule has 262 valence electrons. The van der Waals surface area contributed by atoms with Crippen LogP contribution < -0.4 is 0 Å². The number of rotatable bonds is 6. The van der Waals surface area contributed by atoms with Crippen LogP contribution in [0.25, 0.3) is 104 Å². The Morgan fingerprint density at radius 3 is 1.52 bits per heavy atom. The van der Waals surface area contributed by atoms with E-state index in [1.165, 1.54) is 64.2 Å². The first-order chi connectivity index (χ1) is 27.8. The van der Waals surface area contributed by atoms with Gasteiger partial charge in [0.2, 0.25) is 0 Å². The summed E-state index contributed by atoms with van der Waals surface area (Å²) in [5.74, 6) is 0.721. The van der Waals surface area contributed by atoms with E-state index >= 15 is 0 Å². The highest BCUT2D eigenvalue weighted by Crippen LogP contribution is 2.45. The smallest absolute Gasteiger partial charge is 0.160 e. The van der Waals surface area contributed by atoms with E-state index < -0.39 is 0 Å². The van der Waals surface area contributed by atoms with E-state index in [0.717, 1.165) is 39.6 Å². The summed E-state index contributed by atoms with van der Waals surface area (Å²) in [5, 5.41) is 4.97. The highest BCUT2D eigenvalue weighted by Gasteiger charge is 2.19. The van der Waals surface area contributed by atoms with Crippen molar-refractivity contribution in [2.24, 2.45) is 0 Å².